The predicted octanol–water partition coefficient (Wildman–Crippen LogP) is 2.79. The third-order valence-electron chi connectivity index (χ3n) is 5.15. The van der Waals surface area contributed by atoms with Gasteiger partial charge in [-0.25, -0.2) is 9.97 Å². The van der Waals surface area contributed by atoms with Crippen LogP contribution in [0.4, 0.5) is 5.82 Å². The van der Waals surface area contributed by atoms with Crippen LogP contribution < -0.4 is 5.32 Å². The van der Waals surface area contributed by atoms with E-state index in [9.17, 15) is 4.79 Å². The predicted molar refractivity (Wildman–Crippen MR) is 101 cm³/mol. The van der Waals surface area contributed by atoms with Crippen molar-refractivity contribution < 1.29 is 4.79 Å². The SMILES string of the molecule is Cc1c[nH]c(C(=O)N2CCc3nc(C)nc(NC4CC=CC4)c3CC2)c1. The minimum absolute atomic E-state index is 0.0603. The van der Waals surface area contributed by atoms with E-state index in [2.05, 4.69) is 32.4 Å². The van der Waals surface area contributed by atoms with Gasteiger partial charge in [0.1, 0.15) is 17.3 Å². The molecule has 0 atom stereocenters. The van der Waals surface area contributed by atoms with E-state index in [1.807, 2.05) is 31.0 Å². The van der Waals surface area contributed by atoms with Crippen molar-refractivity contribution in [2.75, 3.05) is 18.4 Å². The molecule has 0 aromatic carbocycles. The van der Waals surface area contributed by atoms with E-state index < -0.39 is 0 Å². The number of anilines is 1. The molecule has 0 bridgehead atoms. The first-order valence-electron chi connectivity index (χ1n) is 9.32. The number of nitrogens with one attached hydrogen (secondary N) is 2. The minimum atomic E-state index is 0.0603. The second kappa shape index (κ2) is 6.94. The topological polar surface area (TPSA) is 73.9 Å². The smallest absolute Gasteiger partial charge is 0.270 e. The van der Waals surface area contributed by atoms with Gasteiger partial charge in [0.25, 0.3) is 5.91 Å². The van der Waals surface area contributed by atoms with Crippen LogP contribution in [-0.4, -0.2) is 44.9 Å². The normalized spacial score (nSPS) is 17.2. The summed E-state index contributed by atoms with van der Waals surface area (Å²) in [6.45, 7) is 5.30. The van der Waals surface area contributed by atoms with Gasteiger partial charge in [-0.2, -0.15) is 0 Å². The highest BCUT2D eigenvalue weighted by Gasteiger charge is 2.24. The van der Waals surface area contributed by atoms with Crippen molar-refractivity contribution in [1.29, 1.82) is 0 Å². The number of hydrogen-bond donors (Lipinski definition) is 2. The molecule has 0 saturated carbocycles. The van der Waals surface area contributed by atoms with E-state index in [1.54, 1.807) is 0 Å². The van der Waals surface area contributed by atoms with Gasteiger partial charge in [-0.05, 0) is 44.7 Å². The molecular weight excluding hydrogens is 326 g/mol. The lowest BCUT2D eigenvalue weighted by Crippen LogP contribution is -2.33. The number of aromatic amines is 1. The second-order valence-electron chi connectivity index (χ2n) is 7.21. The molecule has 2 aromatic heterocycles. The zero-order valence-corrected chi connectivity index (χ0v) is 15.4. The van der Waals surface area contributed by atoms with Crippen molar-refractivity contribution in [3.8, 4) is 0 Å². The van der Waals surface area contributed by atoms with Gasteiger partial charge < -0.3 is 15.2 Å². The van der Waals surface area contributed by atoms with Crippen LogP contribution in [0.5, 0.6) is 0 Å². The molecule has 2 aliphatic rings. The number of carbonyl (C=O) groups excluding carboxylic acids is 1. The molecule has 0 spiro atoms. The van der Waals surface area contributed by atoms with Crippen LogP contribution in [-0.2, 0) is 12.8 Å². The summed E-state index contributed by atoms with van der Waals surface area (Å²) >= 11 is 0. The van der Waals surface area contributed by atoms with E-state index >= 15 is 0 Å². The van der Waals surface area contributed by atoms with Gasteiger partial charge in [0.05, 0.1) is 5.69 Å². The van der Waals surface area contributed by atoms with E-state index in [0.29, 0.717) is 24.8 Å². The van der Waals surface area contributed by atoms with Crippen molar-refractivity contribution >= 4 is 11.7 Å². The van der Waals surface area contributed by atoms with Crippen LogP contribution in [0, 0.1) is 13.8 Å². The molecule has 4 rings (SSSR count). The largest absolute Gasteiger partial charge is 0.366 e. The third kappa shape index (κ3) is 3.36. The van der Waals surface area contributed by atoms with Gasteiger partial charge >= 0.3 is 0 Å². The Morgan fingerprint density at radius 3 is 2.69 bits per heavy atom. The van der Waals surface area contributed by atoms with Gasteiger partial charge in [-0.15, -0.1) is 0 Å². The highest BCUT2D eigenvalue weighted by molar-refractivity contribution is 5.92. The number of carbonyl (C=O) groups is 1. The molecule has 1 amide bonds. The first kappa shape index (κ1) is 16.8. The third-order valence-corrected chi connectivity index (χ3v) is 5.15. The zero-order chi connectivity index (χ0) is 18.1. The molecule has 1 aliphatic carbocycles. The summed E-state index contributed by atoms with van der Waals surface area (Å²) in [6.07, 6.45) is 9.91. The Balaban J connectivity index is 1.54. The standard InChI is InChI=1S/C20H25N5O/c1-13-11-18(21-12-13)20(26)25-9-7-16-17(8-10-25)22-14(2)23-19(16)24-15-5-3-4-6-15/h3-4,11-12,15,21H,5-10H2,1-2H3,(H,22,23,24). The molecule has 6 heteroatoms. The molecule has 136 valence electrons. The Morgan fingerprint density at radius 2 is 1.96 bits per heavy atom. The average molecular weight is 351 g/mol. The van der Waals surface area contributed by atoms with Crippen LogP contribution in [0.15, 0.2) is 24.4 Å². The lowest BCUT2D eigenvalue weighted by Gasteiger charge is -2.19. The highest BCUT2D eigenvalue weighted by Crippen LogP contribution is 2.25. The summed E-state index contributed by atoms with van der Waals surface area (Å²) in [7, 11) is 0. The number of nitrogens with zero attached hydrogens (tertiary/aromatic N) is 3. The quantitative estimate of drug-likeness (QED) is 0.834. The van der Waals surface area contributed by atoms with E-state index in [4.69, 9.17) is 0 Å². The zero-order valence-electron chi connectivity index (χ0n) is 15.4. The molecule has 0 saturated heterocycles. The molecule has 0 unspecified atom stereocenters. The number of aromatic nitrogens is 3. The first-order chi connectivity index (χ1) is 12.6. The van der Waals surface area contributed by atoms with E-state index in [0.717, 1.165) is 48.6 Å². The van der Waals surface area contributed by atoms with Crippen LogP contribution >= 0.6 is 0 Å². The van der Waals surface area contributed by atoms with Crippen LogP contribution in [0.2, 0.25) is 0 Å². The number of aryl methyl sites for hydroxylation is 2. The van der Waals surface area contributed by atoms with Crippen LogP contribution in [0.25, 0.3) is 0 Å². The Bertz CT molecular complexity index is 846. The van der Waals surface area contributed by atoms with Crippen LogP contribution in [0.1, 0.15) is 46.0 Å². The van der Waals surface area contributed by atoms with Gasteiger partial charge in [0.2, 0.25) is 0 Å². The van der Waals surface area contributed by atoms with Crippen molar-refractivity contribution in [2.45, 2.75) is 45.6 Å². The number of H-pyrrole nitrogens is 1. The Morgan fingerprint density at radius 1 is 1.19 bits per heavy atom. The van der Waals surface area contributed by atoms with Gasteiger partial charge in [-0.3, -0.25) is 4.79 Å². The van der Waals surface area contributed by atoms with E-state index in [-0.39, 0.29) is 5.91 Å². The van der Waals surface area contributed by atoms with Crippen molar-refractivity contribution in [3.63, 3.8) is 0 Å². The van der Waals surface area contributed by atoms with Crippen molar-refractivity contribution in [3.05, 3.63) is 52.8 Å². The van der Waals surface area contributed by atoms with Gasteiger partial charge in [0, 0.05) is 37.3 Å². The highest BCUT2D eigenvalue weighted by atomic mass is 16.2. The Hall–Kier alpha value is -2.63. The molecule has 3 heterocycles. The lowest BCUT2D eigenvalue weighted by atomic mass is 10.1. The number of amides is 1. The maximum Gasteiger partial charge on any atom is 0.270 e. The summed E-state index contributed by atoms with van der Waals surface area (Å²) in [4.78, 5) is 27.1. The fourth-order valence-electron chi connectivity index (χ4n) is 3.77. The summed E-state index contributed by atoms with van der Waals surface area (Å²) in [5.74, 6) is 1.80. The fourth-order valence-corrected chi connectivity index (χ4v) is 3.77. The summed E-state index contributed by atoms with van der Waals surface area (Å²) in [6, 6.07) is 2.32. The molecule has 26 heavy (non-hydrogen) atoms. The summed E-state index contributed by atoms with van der Waals surface area (Å²) in [5.41, 5.74) is 3.97. The Labute approximate surface area is 153 Å². The number of fused-ring (bicyclic) bond motifs is 1. The molecule has 1 aliphatic heterocycles. The molecule has 2 N–H and O–H groups in total. The Kier molecular flexibility index (Phi) is 4.49. The first-order valence-corrected chi connectivity index (χ1v) is 9.32. The van der Waals surface area contributed by atoms with Crippen molar-refractivity contribution in [1.82, 2.24) is 19.9 Å². The minimum Gasteiger partial charge on any atom is -0.366 e. The molecule has 0 radical (unpaired) electrons. The lowest BCUT2D eigenvalue weighted by molar-refractivity contribution is 0.0757. The summed E-state index contributed by atoms with van der Waals surface area (Å²) < 4.78 is 0. The maximum atomic E-state index is 12.8. The molecule has 2 aromatic rings. The second-order valence-corrected chi connectivity index (χ2v) is 7.21. The molecule has 6 nitrogen and oxygen atoms in total. The van der Waals surface area contributed by atoms with Gasteiger partial charge in [-0.1, -0.05) is 12.2 Å². The fraction of sp³-hybridized carbons (Fsp3) is 0.450. The monoisotopic (exact) mass is 351 g/mol. The number of hydrogen-bond acceptors (Lipinski definition) is 4. The van der Waals surface area contributed by atoms with E-state index in [1.165, 1.54) is 5.56 Å². The van der Waals surface area contributed by atoms with Gasteiger partial charge in [0.15, 0.2) is 0 Å². The summed E-state index contributed by atoms with van der Waals surface area (Å²) in [5, 5.41) is 3.59. The van der Waals surface area contributed by atoms with Crippen molar-refractivity contribution in [2.24, 2.45) is 0 Å². The van der Waals surface area contributed by atoms with Crippen LogP contribution in [0.3, 0.4) is 0 Å². The molecule has 0 fully saturated rings. The maximum absolute atomic E-state index is 12.8. The average Bonchev–Trinajstić information content (AvgIpc) is 3.22. The number of rotatable bonds is 3. The molecular formula is C20H25N5O.